The first kappa shape index (κ1) is 35.0. The fourth-order valence-electron chi connectivity index (χ4n) is 6.17. The highest BCUT2D eigenvalue weighted by Crippen LogP contribution is 2.33. The van der Waals surface area contributed by atoms with Crippen LogP contribution < -0.4 is 20.1 Å². The summed E-state index contributed by atoms with van der Waals surface area (Å²) in [6, 6.07) is 28.8. The Morgan fingerprint density at radius 2 is 1.54 bits per heavy atom. The highest BCUT2D eigenvalue weighted by molar-refractivity contribution is 6.42. The molecule has 3 heterocycles. The molecule has 7 rings (SSSR count). The van der Waals surface area contributed by atoms with E-state index in [4.69, 9.17) is 32.7 Å². The minimum absolute atomic E-state index is 0.0939. The number of rotatable bonds is 11. The van der Waals surface area contributed by atoms with Crippen LogP contribution in [0.4, 0.5) is 17.2 Å². The average Bonchev–Trinajstić information content (AvgIpc) is 3.64. The highest BCUT2D eigenvalue weighted by Gasteiger charge is 2.23. The average molecular weight is 737 g/mol. The lowest BCUT2D eigenvalue weighted by molar-refractivity contribution is -0.133. The number of hydrogen-bond donors (Lipinski definition) is 2. The molecule has 1 aromatic heterocycles. The maximum Gasteiger partial charge on any atom is 0.255 e. The van der Waals surface area contributed by atoms with E-state index in [1.54, 1.807) is 36.4 Å². The van der Waals surface area contributed by atoms with E-state index in [9.17, 15) is 14.4 Å². The first-order valence-corrected chi connectivity index (χ1v) is 17.7. The number of benzene rings is 4. The maximum atomic E-state index is 13.7. The van der Waals surface area contributed by atoms with Gasteiger partial charge in [-0.1, -0.05) is 65.7 Å². The monoisotopic (exact) mass is 735 g/mol. The first-order valence-electron chi connectivity index (χ1n) is 16.9. The fraction of sp³-hybridized carbons (Fsp3) is 0.200. The van der Waals surface area contributed by atoms with Crippen molar-refractivity contribution in [2.75, 3.05) is 43.6 Å². The number of fused-ring (bicyclic) bond motifs is 1. The lowest BCUT2D eigenvalue weighted by Crippen LogP contribution is -2.48. The van der Waals surface area contributed by atoms with Crippen molar-refractivity contribution < 1.29 is 23.9 Å². The molecule has 2 aliphatic rings. The normalized spacial score (nSPS) is 13.8. The van der Waals surface area contributed by atoms with Crippen molar-refractivity contribution in [1.82, 2.24) is 14.8 Å². The second-order valence-corrected chi connectivity index (χ2v) is 13.4. The lowest BCUT2D eigenvalue weighted by atomic mass is 9.97. The van der Waals surface area contributed by atoms with Gasteiger partial charge in [0.05, 0.1) is 27.6 Å². The number of ether oxygens (including phenoxy) is 2. The lowest BCUT2D eigenvalue weighted by Gasteiger charge is -2.35. The van der Waals surface area contributed by atoms with Gasteiger partial charge in [-0.15, -0.1) is 0 Å². The second kappa shape index (κ2) is 15.9. The highest BCUT2D eigenvalue weighted by atomic mass is 35.5. The summed E-state index contributed by atoms with van der Waals surface area (Å²) in [4.78, 5) is 48.4. The van der Waals surface area contributed by atoms with Crippen molar-refractivity contribution in [2.24, 2.45) is 0 Å². The van der Waals surface area contributed by atoms with Gasteiger partial charge in [0, 0.05) is 55.8 Å². The number of aryl methyl sites for hydroxylation is 1. The molecule has 0 spiro atoms. The van der Waals surface area contributed by atoms with E-state index in [-0.39, 0.29) is 29.4 Å². The van der Waals surface area contributed by atoms with Crippen LogP contribution in [0.3, 0.4) is 0 Å². The number of carbonyl (C=O) groups is 3. The molecule has 2 aliphatic heterocycles. The van der Waals surface area contributed by atoms with Gasteiger partial charge >= 0.3 is 0 Å². The molecule has 264 valence electrons. The molecule has 0 radical (unpaired) electrons. The van der Waals surface area contributed by atoms with Crippen molar-refractivity contribution in [3.63, 3.8) is 0 Å². The minimum atomic E-state index is -0.356. The van der Waals surface area contributed by atoms with E-state index in [2.05, 4.69) is 26.6 Å². The van der Waals surface area contributed by atoms with Gasteiger partial charge in [-0.25, -0.2) is 4.98 Å². The molecule has 0 bridgehead atoms. The predicted molar refractivity (Wildman–Crippen MR) is 201 cm³/mol. The van der Waals surface area contributed by atoms with Gasteiger partial charge in [0.1, 0.15) is 5.82 Å². The quantitative estimate of drug-likeness (QED) is 0.133. The summed E-state index contributed by atoms with van der Waals surface area (Å²) in [5.41, 5.74) is 4.46. The molecule has 4 aromatic carbocycles. The Morgan fingerprint density at radius 1 is 0.750 bits per heavy atom. The largest absolute Gasteiger partial charge is 0.454 e. The fourth-order valence-corrected chi connectivity index (χ4v) is 6.47. The summed E-state index contributed by atoms with van der Waals surface area (Å²) >= 11 is 12.0. The summed E-state index contributed by atoms with van der Waals surface area (Å²) in [7, 11) is 0. The number of nitrogens with zero attached hydrogens (tertiary/aromatic N) is 3. The summed E-state index contributed by atoms with van der Waals surface area (Å²) in [6.45, 7) is 3.94. The van der Waals surface area contributed by atoms with E-state index >= 15 is 0 Å². The third-order valence-corrected chi connectivity index (χ3v) is 9.77. The van der Waals surface area contributed by atoms with Gasteiger partial charge in [-0.2, -0.15) is 0 Å². The molecule has 0 unspecified atom stereocenters. The van der Waals surface area contributed by atoms with E-state index in [1.165, 1.54) is 12.3 Å². The number of nitrogens with one attached hydrogen (secondary N) is 2. The Bertz CT molecular complexity index is 2100. The summed E-state index contributed by atoms with van der Waals surface area (Å²) in [6.07, 6.45) is 2.36. The van der Waals surface area contributed by atoms with Gasteiger partial charge in [0.2, 0.25) is 12.7 Å². The molecular weight excluding hydrogens is 701 g/mol. The van der Waals surface area contributed by atoms with Crippen molar-refractivity contribution in [2.45, 2.75) is 19.4 Å². The number of amides is 2. The van der Waals surface area contributed by atoms with Gasteiger partial charge < -0.3 is 25.0 Å². The van der Waals surface area contributed by atoms with Crippen molar-refractivity contribution in [3.8, 4) is 11.5 Å². The summed E-state index contributed by atoms with van der Waals surface area (Å²) in [5.74, 6) is 1.62. The Labute approximate surface area is 311 Å². The third-order valence-electron chi connectivity index (χ3n) is 9.03. The zero-order valence-corrected chi connectivity index (χ0v) is 29.6. The van der Waals surface area contributed by atoms with Gasteiger partial charge in [0.15, 0.2) is 17.3 Å². The predicted octanol–water partition coefficient (Wildman–Crippen LogP) is 7.62. The van der Waals surface area contributed by atoms with Crippen LogP contribution in [0.1, 0.15) is 43.8 Å². The number of piperazine rings is 1. The maximum absolute atomic E-state index is 13.7. The van der Waals surface area contributed by atoms with E-state index in [0.717, 1.165) is 42.3 Å². The smallest absolute Gasteiger partial charge is 0.255 e. The molecule has 2 N–H and O–H groups in total. The second-order valence-electron chi connectivity index (χ2n) is 12.6. The Hall–Kier alpha value is -5.42. The molecule has 0 aliphatic carbocycles. The number of ketones is 1. The number of halogens is 2. The SMILES string of the molecule is O=C(Nc1ccc(Nc2ccc(CCC(=O)N3CCN(Cc4ccc5c(c4)OCO5)CC3)cc2C(=O)c2ccccc2)nc1)c1ccc(Cl)c(Cl)c1. The Morgan fingerprint density at radius 3 is 2.31 bits per heavy atom. The van der Waals surface area contributed by atoms with Crippen LogP contribution in [0.15, 0.2) is 103 Å². The molecule has 12 heteroatoms. The molecular formula is C40H35Cl2N5O5. The van der Waals surface area contributed by atoms with Crippen LogP contribution in [-0.4, -0.2) is 65.4 Å². The van der Waals surface area contributed by atoms with Gasteiger partial charge in [-0.3, -0.25) is 19.3 Å². The first-order chi connectivity index (χ1) is 25.3. The Balaban J connectivity index is 0.978. The standard InChI is InChI=1S/C40H35Cl2N5O5/c41-32-11-9-29(22-33(32)42)40(50)44-30-10-14-37(43-23-30)45-34-12-6-26(20-31(34)39(49)28-4-2-1-3-5-28)8-15-38(48)47-18-16-46(17-19-47)24-27-7-13-35-36(21-27)52-25-51-35/h1-7,9-14,20-23H,8,15-19,24-25H2,(H,43,45)(H,44,50). The van der Waals surface area contributed by atoms with Crippen molar-refractivity contribution >= 4 is 58.0 Å². The van der Waals surface area contributed by atoms with Crippen LogP contribution in [0.25, 0.3) is 0 Å². The molecule has 0 atom stereocenters. The number of anilines is 3. The van der Waals surface area contributed by atoms with Crippen LogP contribution in [-0.2, 0) is 17.8 Å². The van der Waals surface area contributed by atoms with E-state index < -0.39 is 0 Å². The molecule has 5 aromatic rings. The molecule has 10 nitrogen and oxygen atoms in total. The summed E-state index contributed by atoms with van der Waals surface area (Å²) < 4.78 is 10.9. The minimum Gasteiger partial charge on any atom is -0.454 e. The van der Waals surface area contributed by atoms with Crippen molar-refractivity contribution in [3.05, 3.63) is 141 Å². The van der Waals surface area contributed by atoms with Crippen LogP contribution >= 0.6 is 23.2 Å². The van der Waals surface area contributed by atoms with Crippen LogP contribution in [0.5, 0.6) is 11.5 Å². The molecule has 1 saturated heterocycles. The zero-order chi connectivity index (χ0) is 36.0. The molecule has 0 saturated carbocycles. The number of pyridine rings is 1. The third kappa shape index (κ3) is 8.37. The topological polar surface area (TPSA) is 113 Å². The zero-order valence-electron chi connectivity index (χ0n) is 28.1. The van der Waals surface area contributed by atoms with E-state index in [1.807, 2.05) is 53.4 Å². The number of carbonyl (C=O) groups excluding carboxylic acids is 3. The Kier molecular flexibility index (Phi) is 10.7. The van der Waals surface area contributed by atoms with Gasteiger partial charge in [-0.05, 0) is 72.1 Å². The summed E-state index contributed by atoms with van der Waals surface area (Å²) in [5, 5.41) is 6.70. The van der Waals surface area contributed by atoms with E-state index in [0.29, 0.717) is 64.8 Å². The number of hydrogen-bond acceptors (Lipinski definition) is 8. The van der Waals surface area contributed by atoms with Crippen molar-refractivity contribution in [1.29, 1.82) is 0 Å². The molecule has 52 heavy (non-hydrogen) atoms. The molecule has 2 amide bonds. The van der Waals surface area contributed by atoms with Gasteiger partial charge in [0.25, 0.3) is 5.91 Å². The van der Waals surface area contributed by atoms with Crippen LogP contribution in [0.2, 0.25) is 10.0 Å². The van der Waals surface area contributed by atoms with Crippen LogP contribution in [0, 0.1) is 0 Å². The number of aromatic nitrogens is 1. The molecule has 1 fully saturated rings.